The molecule has 1 unspecified atom stereocenters. The lowest BCUT2D eigenvalue weighted by Crippen LogP contribution is -2.34. The van der Waals surface area contributed by atoms with Crippen LogP contribution in [0.25, 0.3) is 0 Å². The Kier molecular flexibility index (Phi) is 4.14. The highest BCUT2D eigenvalue weighted by Gasteiger charge is 2.35. The summed E-state index contributed by atoms with van der Waals surface area (Å²) in [6.45, 7) is 0. The van der Waals surface area contributed by atoms with Crippen LogP contribution in [0.3, 0.4) is 0 Å². The van der Waals surface area contributed by atoms with Gasteiger partial charge in [0.1, 0.15) is 16.7 Å². The van der Waals surface area contributed by atoms with Crippen LogP contribution in [0.2, 0.25) is 0 Å². The van der Waals surface area contributed by atoms with E-state index in [-0.39, 0.29) is 5.69 Å². The third-order valence-corrected chi connectivity index (χ3v) is 6.60. The molecular weight excluding hydrogens is 354 g/mol. The predicted octanol–water partition coefficient (Wildman–Crippen LogP) is 2.11. The van der Waals surface area contributed by atoms with Crippen molar-refractivity contribution in [2.24, 2.45) is 0 Å². The summed E-state index contributed by atoms with van der Waals surface area (Å²) in [5, 5.41) is 7.23. The monoisotopic (exact) mass is 373 g/mol. The fourth-order valence-corrected chi connectivity index (χ4v) is 4.89. The number of nitrogens with zero attached hydrogens (tertiary/aromatic N) is 2. The number of methoxy groups -OCH3 is 1. The van der Waals surface area contributed by atoms with E-state index in [0.717, 1.165) is 29.7 Å². The molecule has 4 rings (SSSR count). The van der Waals surface area contributed by atoms with E-state index in [4.69, 9.17) is 4.74 Å². The van der Waals surface area contributed by atoms with Crippen molar-refractivity contribution in [1.29, 1.82) is 0 Å². The van der Waals surface area contributed by atoms with E-state index in [0.29, 0.717) is 24.5 Å². The van der Waals surface area contributed by atoms with Crippen molar-refractivity contribution in [1.82, 2.24) is 14.9 Å². The maximum absolute atomic E-state index is 12.7. The van der Waals surface area contributed by atoms with Gasteiger partial charge in [-0.2, -0.15) is 5.10 Å². The van der Waals surface area contributed by atoms with E-state index in [1.54, 1.807) is 12.1 Å². The fraction of sp³-hybridized carbons (Fsp3) is 0.389. The smallest absolute Gasteiger partial charge is 0.285 e. The number of carbonyl (C=O) groups is 1. The van der Waals surface area contributed by atoms with Crippen molar-refractivity contribution in [2.75, 3.05) is 7.11 Å². The topological polar surface area (TPSA) is 98.2 Å². The van der Waals surface area contributed by atoms with Crippen LogP contribution in [0.15, 0.2) is 30.3 Å². The van der Waals surface area contributed by atoms with Gasteiger partial charge in [0.15, 0.2) is 5.69 Å². The Morgan fingerprint density at radius 2 is 1.96 bits per heavy atom. The van der Waals surface area contributed by atoms with Gasteiger partial charge in [-0.3, -0.25) is 4.79 Å². The van der Waals surface area contributed by atoms with Crippen LogP contribution < -0.4 is 9.46 Å². The molecule has 2 aliphatic rings. The summed E-state index contributed by atoms with van der Waals surface area (Å²) in [6.07, 6.45) is 3.18. The molecule has 0 saturated heterocycles. The highest BCUT2D eigenvalue weighted by Crippen LogP contribution is 2.42. The van der Waals surface area contributed by atoms with Gasteiger partial charge in [-0.25, -0.2) is 13.1 Å². The second-order valence-corrected chi connectivity index (χ2v) is 8.52. The molecule has 0 spiro atoms. The largest absolute Gasteiger partial charge is 0.495 e. The van der Waals surface area contributed by atoms with Crippen LogP contribution in [-0.2, 0) is 16.4 Å². The Balaban J connectivity index is 1.56. The fourth-order valence-electron chi connectivity index (χ4n) is 3.39. The normalized spacial score (nSPS) is 19.0. The van der Waals surface area contributed by atoms with Gasteiger partial charge in [-0.05, 0) is 36.8 Å². The quantitative estimate of drug-likeness (QED) is 0.862. The molecule has 1 saturated carbocycles. The first-order valence-corrected chi connectivity index (χ1v) is 10.1. The molecule has 1 N–H and O–H groups in total. The first kappa shape index (κ1) is 17.0. The van der Waals surface area contributed by atoms with Crippen molar-refractivity contribution in [3.8, 4) is 5.75 Å². The number of nitrogens with one attached hydrogen (secondary N) is 1. The molecule has 7 nitrogen and oxygen atoms in total. The number of aromatic nitrogens is 2. The third-order valence-electron chi connectivity index (χ3n) is 4.89. The Bertz CT molecular complexity index is 970. The number of rotatable bonds is 5. The second kappa shape index (κ2) is 6.35. The average molecular weight is 373 g/mol. The van der Waals surface area contributed by atoms with Gasteiger partial charge in [0.05, 0.1) is 7.11 Å². The summed E-state index contributed by atoms with van der Waals surface area (Å²) in [6, 6.07) is 8.86. The van der Waals surface area contributed by atoms with Gasteiger partial charge < -0.3 is 4.74 Å². The molecule has 0 aliphatic heterocycles. The minimum absolute atomic E-state index is 0.0684. The predicted molar refractivity (Wildman–Crippen MR) is 94.4 cm³/mol. The van der Waals surface area contributed by atoms with Crippen molar-refractivity contribution in [3.63, 3.8) is 0 Å². The van der Waals surface area contributed by atoms with E-state index >= 15 is 0 Å². The maximum atomic E-state index is 12.7. The first-order chi connectivity index (χ1) is 12.5. The van der Waals surface area contributed by atoms with Gasteiger partial charge in [0, 0.05) is 12.0 Å². The Morgan fingerprint density at radius 1 is 1.19 bits per heavy atom. The number of fused-ring (bicyclic) bond motifs is 1. The van der Waals surface area contributed by atoms with Gasteiger partial charge in [0.2, 0.25) is 10.0 Å². The van der Waals surface area contributed by atoms with Gasteiger partial charge in [-0.1, -0.05) is 24.3 Å². The van der Waals surface area contributed by atoms with Crippen molar-refractivity contribution in [3.05, 3.63) is 52.8 Å². The number of aryl methyl sites for hydroxylation is 1. The zero-order valence-electron chi connectivity index (χ0n) is 14.3. The molecule has 1 heterocycles. The highest BCUT2D eigenvalue weighted by molar-refractivity contribution is 7.90. The van der Waals surface area contributed by atoms with Crippen molar-refractivity contribution in [2.45, 2.75) is 36.9 Å². The zero-order valence-corrected chi connectivity index (χ0v) is 15.1. The first-order valence-electron chi connectivity index (χ1n) is 8.55. The molecular formula is C18H19N3O4S. The van der Waals surface area contributed by atoms with Gasteiger partial charge >= 0.3 is 0 Å². The van der Waals surface area contributed by atoms with Crippen LogP contribution in [0, 0.1) is 0 Å². The molecule has 8 heteroatoms. The summed E-state index contributed by atoms with van der Waals surface area (Å²) < 4.78 is 32.8. The van der Waals surface area contributed by atoms with Crippen molar-refractivity contribution >= 4 is 15.9 Å². The molecule has 1 atom stereocenters. The minimum Gasteiger partial charge on any atom is -0.495 e. The van der Waals surface area contributed by atoms with E-state index in [2.05, 4.69) is 14.9 Å². The SMILES string of the molecule is COc1cc(C(=O)NS(=O)(=O)C2CCc3ccccc32)nnc1C1CC1. The summed E-state index contributed by atoms with van der Waals surface area (Å²) in [7, 11) is -2.37. The summed E-state index contributed by atoms with van der Waals surface area (Å²) >= 11 is 0. The summed E-state index contributed by atoms with van der Waals surface area (Å²) in [5.74, 6) is -0.00734. The Hall–Kier alpha value is -2.48. The molecule has 136 valence electrons. The van der Waals surface area contributed by atoms with Crippen LogP contribution in [-0.4, -0.2) is 31.6 Å². The highest BCUT2D eigenvalue weighted by atomic mass is 32.2. The van der Waals surface area contributed by atoms with E-state index in [9.17, 15) is 13.2 Å². The number of hydrogen-bond donors (Lipinski definition) is 1. The summed E-state index contributed by atoms with van der Waals surface area (Å²) in [4.78, 5) is 12.4. The van der Waals surface area contributed by atoms with E-state index in [1.807, 2.05) is 12.1 Å². The number of sulfonamides is 1. The standard InChI is InChI=1S/C18H19N3O4S/c1-25-15-10-14(19-20-17(15)12-6-7-12)18(22)21-26(23,24)16-9-8-11-4-2-3-5-13(11)16/h2-5,10,12,16H,6-9H2,1H3,(H,21,22). The number of carbonyl (C=O) groups excluding carboxylic acids is 1. The van der Waals surface area contributed by atoms with Gasteiger partial charge in [-0.15, -0.1) is 5.10 Å². The van der Waals surface area contributed by atoms with Crippen LogP contribution in [0.1, 0.15) is 57.7 Å². The molecule has 1 fully saturated rings. The molecule has 2 aliphatic carbocycles. The number of ether oxygens (including phenoxy) is 1. The number of amides is 1. The zero-order chi connectivity index (χ0) is 18.3. The third kappa shape index (κ3) is 3.05. The van der Waals surface area contributed by atoms with Crippen LogP contribution in [0.5, 0.6) is 5.75 Å². The number of benzene rings is 1. The molecule has 0 radical (unpaired) electrons. The van der Waals surface area contributed by atoms with E-state index in [1.165, 1.54) is 13.2 Å². The van der Waals surface area contributed by atoms with Crippen LogP contribution >= 0.6 is 0 Å². The minimum atomic E-state index is -3.86. The second-order valence-electron chi connectivity index (χ2n) is 6.66. The lowest BCUT2D eigenvalue weighted by Gasteiger charge is -2.14. The molecule has 1 amide bonds. The molecule has 1 aromatic heterocycles. The lowest BCUT2D eigenvalue weighted by atomic mass is 10.1. The molecule has 26 heavy (non-hydrogen) atoms. The number of hydrogen-bond acceptors (Lipinski definition) is 6. The maximum Gasteiger partial charge on any atom is 0.285 e. The average Bonchev–Trinajstić information content (AvgIpc) is 3.38. The summed E-state index contributed by atoms with van der Waals surface area (Å²) in [5.41, 5.74) is 2.41. The Labute approximate surface area is 151 Å². The Morgan fingerprint density at radius 3 is 2.69 bits per heavy atom. The van der Waals surface area contributed by atoms with E-state index < -0.39 is 21.2 Å². The van der Waals surface area contributed by atoms with Crippen LogP contribution in [0.4, 0.5) is 0 Å². The van der Waals surface area contributed by atoms with Gasteiger partial charge in [0.25, 0.3) is 5.91 Å². The molecule has 2 aromatic rings. The van der Waals surface area contributed by atoms with Crippen molar-refractivity contribution < 1.29 is 17.9 Å². The lowest BCUT2D eigenvalue weighted by molar-refractivity contribution is 0.0974. The molecule has 1 aromatic carbocycles. The molecule has 0 bridgehead atoms.